The lowest BCUT2D eigenvalue weighted by molar-refractivity contribution is 0.160. The number of aryl methyl sites for hydroxylation is 3. The zero-order valence-corrected chi connectivity index (χ0v) is 33.4. The van der Waals surface area contributed by atoms with Crippen molar-refractivity contribution in [1.29, 1.82) is 0 Å². The van der Waals surface area contributed by atoms with Crippen LogP contribution >= 0.6 is 11.8 Å². The van der Waals surface area contributed by atoms with Gasteiger partial charge >= 0.3 is 0 Å². The van der Waals surface area contributed by atoms with Crippen LogP contribution < -0.4 is 4.74 Å². The van der Waals surface area contributed by atoms with Crippen LogP contribution in [0.3, 0.4) is 0 Å². The Bertz CT molecular complexity index is 2150. The molecule has 2 aromatic heterocycles. The molecule has 0 aliphatic carbocycles. The zero-order valence-electron chi connectivity index (χ0n) is 32.6. The smallest absolute Gasteiger partial charge is 0.295 e. The molecule has 6 aromatic rings. The van der Waals surface area contributed by atoms with Gasteiger partial charge in [-0.2, -0.15) is 4.98 Å². The van der Waals surface area contributed by atoms with Gasteiger partial charge in [0, 0.05) is 33.0 Å². The van der Waals surface area contributed by atoms with Gasteiger partial charge in [0.1, 0.15) is 5.75 Å². The quantitative estimate of drug-likeness (QED) is 0.123. The van der Waals surface area contributed by atoms with Gasteiger partial charge in [0.05, 0.1) is 6.61 Å². The standard InChI is InChI=1S/C46H51N5O2S/c1-31-8-12-36(13-9-31)45(4,5)39-18-21-42(54-41-28-47-43(48-29-41)44-49-33(3)50-53-44)35(26-39)27-46(6,37-14-10-32(2)11-15-37)38-16-19-40(20-17-38)52-30-34-22-24-51(7)25-23-34/h8-21,26,28-29,34H,22-25,27,30H2,1-7H3. The minimum atomic E-state index is -0.335. The number of benzene rings is 4. The van der Waals surface area contributed by atoms with Gasteiger partial charge in [0.25, 0.3) is 5.89 Å². The summed E-state index contributed by atoms with van der Waals surface area (Å²) in [6, 6.07) is 33.8. The van der Waals surface area contributed by atoms with Crippen molar-refractivity contribution in [3.05, 3.63) is 148 Å². The van der Waals surface area contributed by atoms with Crippen molar-refractivity contribution in [2.45, 2.75) is 81.4 Å². The molecule has 0 radical (unpaired) electrons. The molecule has 1 saturated heterocycles. The molecule has 0 saturated carbocycles. The number of rotatable bonds is 12. The van der Waals surface area contributed by atoms with E-state index in [1.165, 1.54) is 56.7 Å². The molecule has 1 atom stereocenters. The van der Waals surface area contributed by atoms with Crippen molar-refractivity contribution in [3.8, 4) is 17.5 Å². The molecule has 1 aliphatic heterocycles. The molecule has 1 unspecified atom stereocenters. The van der Waals surface area contributed by atoms with Crippen molar-refractivity contribution in [2.75, 3.05) is 26.7 Å². The average Bonchev–Trinajstić information content (AvgIpc) is 3.62. The van der Waals surface area contributed by atoms with Crippen LogP contribution in [0.25, 0.3) is 11.7 Å². The Morgan fingerprint density at radius 1 is 0.759 bits per heavy atom. The van der Waals surface area contributed by atoms with Crippen LogP contribution in [-0.2, 0) is 17.3 Å². The van der Waals surface area contributed by atoms with E-state index in [0.717, 1.165) is 36.8 Å². The van der Waals surface area contributed by atoms with Crippen LogP contribution in [0.4, 0.5) is 0 Å². The summed E-state index contributed by atoms with van der Waals surface area (Å²) in [5.74, 6) is 2.83. The highest BCUT2D eigenvalue weighted by molar-refractivity contribution is 7.99. The maximum absolute atomic E-state index is 6.37. The lowest BCUT2D eigenvalue weighted by Crippen LogP contribution is -2.32. The maximum Gasteiger partial charge on any atom is 0.295 e. The molecule has 3 heterocycles. The molecule has 8 heteroatoms. The first-order chi connectivity index (χ1) is 26.0. The van der Waals surface area contributed by atoms with Crippen molar-refractivity contribution in [3.63, 3.8) is 0 Å². The Morgan fingerprint density at radius 2 is 1.33 bits per heavy atom. The second-order valence-corrected chi connectivity index (χ2v) is 16.9. The summed E-state index contributed by atoms with van der Waals surface area (Å²) in [5.41, 5.74) is 8.32. The fourth-order valence-corrected chi connectivity index (χ4v) is 8.23. The van der Waals surface area contributed by atoms with Crippen molar-refractivity contribution >= 4 is 11.8 Å². The predicted octanol–water partition coefficient (Wildman–Crippen LogP) is 10.2. The Hall–Kier alpha value is -4.79. The first-order valence-electron chi connectivity index (χ1n) is 19.0. The van der Waals surface area contributed by atoms with Gasteiger partial charge in [-0.05, 0) is 112 Å². The summed E-state index contributed by atoms with van der Waals surface area (Å²) < 4.78 is 11.7. The Labute approximate surface area is 324 Å². The Kier molecular flexibility index (Phi) is 11.0. The minimum Gasteiger partial charge on any atom is -0.493 e. The molecule has 54 heavy (non-hydrogen) atoms. The van der Waals surface area contributed by atoms with Crippen molar-refractivity contribution in [2.24, 2.45) is 5.92 Å². The molecule has 278 valence electrons. The van der Waals surface area contributed by atoms with Crippen LogP contribution in [-0.4, -0.2) is 51.8 Å². The van der Waals surface area contributed by atoms with Gasteiger partial charge in [-0.1, -0.05) is 122 Å². The lowest BCUT2D eigenvalue weighted by atomic mass is 9.71. The molecule has 4 aromatic carbocycles. The largest absolute Gasteiger partial charge is 0.493 e. The number of nitrogens with zero attached hydrogens (tertiary/aromatic N) is 5. The van der Waals surface area contributed by atoms with Crippen molar-refractivity contribution < 1.29 is 9.26 Å². The highest BCUT2D eigenvalue weighted by Crippen LogP contribution is 2.42. The fourth-order valence-electron chi connectivity index (χ4n) is 7.37. The second-order valence-electron chi connectivity index (χ2n) is 15.8. The lowest BCUT2D eigenvalue weighted by Gasteiger charge is -2.34. The van der Waals surface area contributed by atoms with E-state index in [4.69, 9.17) is 9.26 Å². The summed E-state index contributed by atoms with van der Waals surface area (Å²) in [5, 5.41) is 3.89. The monoisotopic (exact) mass is 737 g/mol. The zero-order chi connectivity index (χ0) is 37.9. The molecule has 1 fully saturated rings. The number of ether oxygens (including phenoxy) is 1. The van der Waals surface area contributed by atoms with E-state index in [2.05, 4.69) is 158 Å². The number of piperidine rings is 1. The third kappa shape index (κ3) is 8.45. The fraction of sp³-hybridized carbons (Fsp3) is 0.348. The summed E-state index contributed by atoms with van der Waals surface area (Å²) in [4.78, 5) is 18.0. The normalized spacial score (nSPS) is 15.2. The Morgan fingerprint density at radius 3 is 1.93 bits per heavy atom. The van der Waals surface area contributed by atoms with Crippen LogP contribution in [0.2, 0.25) is 0 Å². The third-order valence-corrected chi connectivity index (χ3v) is 12.2. The topological polar surface area (TPSA) is 77.2 Å². The highest BCUT2D eigenvalue weighted by atomic mass is 32.2. The van der Waals surface area contributed by atoms with Gasteiger partial charge in [-0.15, -0.1) is 0 Å². The summed E-state index contributed by atoms with van der Waals surface area (Å²) in [6.07, 6.45) is 6.84. The van der Waals surface area contributed by atoms with E-state index < -0.39 is 0 Å². The molecule has 0 amide bonds. The maximum atomic E-state index is 6.37. The second kappa shape index (κ2) is 15.9. The molecular weight excluding hydrogens is 687 g/mol. The van der Waals surface area contributed by atoms with Gasteiger partial charge in [0.2, 0.25) is 5.82 Å². The molecule has 0 spiro atoms. The minimum absolute atomic E-state index is 0.203. The van der Waals surface area contributed by atoms with Crippen LogP contribution in [0.1, 0.15) is 78.4 Å². The molecule has 0 bridgehead atoms. The average molecular weight is 738 g/mol. The van der Waals surface area contributed by atoms with Gasteiger partial charge in [0.15, 0.2) is 5.82 Å². The summed E-state index contributed by atoms with van der Waals surface area (Å²) in [7, 11) is 2.20. The van der Waals surface area contributed by atoms with E-state index in [0.29, 0.717) is 23.5 Å². The number of aromatic nitrogens is 4. The van der Waals surface area contributed by atoms with Crippen molar-refractivity contribution in [1.82, 2.24) is 25.0 Å². The molecule has 0 N–H and O–H groups in total. The molecular formula is C46H51N5O2S. The third-order valence-electron chi connectivity index (χ3n) is 11.2. The van der Waals surface area contributed by atoms with Crippen LogP contribution in [0.15, 0.2) is 118 Å². The van der Waals surface area contributed by atoms with E-state index in [1.807, 2.05) is 12.4 Å². The van der Waals surface area contributed by atoms with Gasteiger partial charge < -0.3 is 14.2 Å². The summed E-state index contributed by atoms with van der Waals surface area (Å²) >= 11 is 1.68. The predicted molar refractivity (Wildman–Crippen MR) is 217 cm³/mol. The highest BCUT2D eigenvalue weighted by Gasteiger charge is 2.32. The first-order valence-corrected chi connectivity index (χ1v) is 19.8. The molecule has 7 nitrogen and oxygen atoms in total. The van der Waals surface area contributed by atoms with Gasteiger partial charge in [-0.25, -0.2) is 9.97 Å². The SMILES string of the molecule is Cc1ccc(C(C)(C)c2ccc(Sc3cnc(-c4nc(C)no4)nc3)c(CC(C)(c3ccc(C)cc3)c3ccc(OCC4CCN(C)CC4)cc3)c2)cc1. The summed E-state index contributed by atoms with van der Waals surface area (Å²) in [6.45, 7) is 16.1. The molecule has 7 rings (SSSR count). The van der Waals surface area contributed by atoms with Crippen LogP contribution in [0.5, 0.6) is 5.75 Å². The number of hydrogen-bond acceptors (Lipinski definition) is 8. The first kappa shape index (κ1) is 37.5. The van der Waals surface area contributed by atoms with Crippen LogP contribution in [0, 0.1) is 26.7 Å². The number of likely N-dealkylation sites (tertiary alicyclic amines) is 1. The van der Waals surface area contributed by atoms with E-state index in [9.17, 15) is 0 Å². The Balaban J connectivity index is 1.24. The van der Waals surface area contributed by atoms with E-state index in [1.54, 1.807) is 18.7 Å². The number of hydrogen-bond donors (Lipinski definition) is 0. The van der Waals surface area contributed by atoms with E-state index in [-0.39, 0.29) is 10.8 Å². The van der Waals surface area contributed by atoms with Gasteiger partial charge in [-0.3, -0.25) is 0 Å². The van der Waals surface area contributed by atoms with E-state index >= 15 is 0 Å². The molecule has 1 aliphatic rings.